The summed E-state index contributed by atoms with van der Waals surface area (Å²) in [7, 11) is 1.62. The van der Waals surface area contributed by atoms with Crippen LogP contribution < -0.4 is 4.74 Å². The monoisotopic (exact) mass is 331 g/mol. The van der Waals surface area contributed by atoms with Gasteiger partial charge in [0.1, 0.15) is 11.8 Å². The molecule has 1 N–H and O–H groups in total. The van der Waals surface area contributed by atoms with Crippen LogP contribution in [0, 0.1) is 0 Å². The van der Waals surface area contributed by atoms with E-state index in [2.05, 4.69) is 0 Å². The summed E-state index contributed by atoms with van der Waals surface area (Å²) >= 11 is 0. The summed E-state index contributed by atoms with van der Waals surface area (Å²) in [6.07, 6.45) is 4.86. The first-order valence-corrected chi connectivity index (χ1v) is 8.70. The molecule has 130 valence electrons. The molecule has 0 spiro atoms. The summed E-state index contributed by atoms with van der Waals surface area (Å²) in [5.41, 5.74) is 0.396. The highest BCUT2D eigenvalue weighted by atomic mass is 16.5. The minimum absolute atomic E-state index is 0.0115. The van der Waals surface area contributed by atoms with Crippen molar-refractivity contribution in [2.24, 2.45) is 0 Å². The van der Waals surface area contributed by atoms with E-state index in [1.54, 1.807) is 12.0 Å². The molecule has 1 aliphatic heterocycles. The van der Waals surface area contributed by atoms with Crippen molar-refractivity contribution < 1.29 is 19.4 Å². The van der Waals surface area contributed by atoms with Crippen molar-refractivity contribution in [3.05, 3.63) is 29.8 Å². The summed E-state index contributed by atoms with van der Waals surface area (Å²) in [5, 5.41) is 9.51. The summed E-state index contributed by atoms with van der Waals surface area (Å²) in [5.74, 6) is -0.143. The van der Waals surface area contributed by atoms with Crippen LogP contribution in [0.3, 0.4) is 0 Å². The molecule has 1 saturated heterocycles. The number of likely N-dealkylation sites (tertiary alicyclic amines) is 1. The first-order valence-electron chi connectivity index (χ1n) is 8.70. The number of benzene rings is 1. The van der Waals surface area contributed by atoms with E-state index < -0.39 is 17.4 Å². The number of hydrogen-bond acceptors (Lipinski definition) is 3. The van der Waals surface area contributed by atoms with Crippen LogP contribution in [0.2, 0.25) is 0 Å². The molecule has 1 aromatic rings. The maximum atomic E-state index is 13.5. The van der Waals surface area contributed by atoms with Crippen molar-refractivity contribution in [3.8, 4) is 5.75 Å². The first-order chi connectivity index (χ1) is 11.5. The zero-order valence-corrected chi connectivity index (χ0v) is 14.3. The second kappa shape index (κ2) is 6.46. The molecule has 0 unspecified atom stereocenters. The number of nitrogens with zero attached hydrogens (tertiary/aromatic N) is 1. The Labute approximate surface area is 142 Å². The van der Waals surface area contributed by atoms with E-state index in [9.17, 15) is 14.7 Å². The number of carboxylic acid groups (broad SMARTS) is 1. The van der Waals surface area contributed by atoms with Crippen LogP contribution in [0.25, 0.3) is 0 Å². The summed E-state index contributed by atoms with van der Waals surface area (Å²) in [4.78, 5) is 26.7. The lowest BCUT2D eigenvalue weighted by Crippen LogP contribution is -2.52. The number of carbonyl (C=O) groups excluding carboxylic acids is 1. The zero-order valence-electron chi connectivity index (χ0n) is 14.3. The Morgan fingerprint density at radius 2 is 1.79 bits per heavy atom. The molecule has 1 saturated carbocycles. The van der Waals surface area contributed by atoms with Crippen molar-refractivity contribution >= 4 is 11.9 Å². The van der Waals surface area contributed by atoms with Gasteiger partial charge in [0.05, 0.1) is 12.5 Å². The number of aliphatic carboxylic acids is 1. The first kappa shape index (κ1) is 16.8. The topological polar surface area (TPSA) is 66.8 Å². The van der Waals surface area contributed by atoms with E-state index in [0.717, 1.165) is 43.4 Å². The van der Waals surface area contributed by atoms with Crippen LogP contribution in [0.15, 0.2) is 24.3 Å². The lowest BCUT2D eigenvalue weighted by molar-refractivity contribution is -0.152. The zero-order chi connectivity index (χ0) is 17.3. The Balaban J connectivity index is 1.97. The summed E-state index contributed by atoms with van der Waals surface area (Å²) in [6.45, 7) is 1.96. The second-order valence-electron chi connectivity index (χ2n) is 7.01. The van der Waals surface area contributed by atoms with Gasteiger partial charge in [0.25, 0.3) is 0 Å². The van der Waals surface area contributed by atoms with Crippen molar-refractivity contribution in [2.45, 2.75) is 62.9 Å². The minimum atomic E-state index is -0.893. The third-order valence-corrected chi connectivity index (χ3v) is 5.70. The second-order valence-corrected chi connectivity index (χ2v) is 7.01. The van der Waals surface area contributed by atoms with Gasteiger partial charge in [-0.3, -0.25) is 4.79 Å². The predicted molar refractivity (Wildman–Crippen MR) is 90.1 cm³/mol. The van der Waals surface area contributed by atoms with Gasteiger partial charge in [-0.05, 0) is 50.3 Å². The van der Waals surface area contributed by atoms with Crippen LogP contribution in [-0.2, 0) is 15.0 Å². The third kappa shape index (κ3) is 2.66. The minimum Gasteiger partial charge on any atom is -0.497 e. The molecule has 2 fully saturated rings. The molecule has 5 nitrogen and oxygen atoms in total. The molecule has 3 rings (SSSR count). The van der Waals surface area contributed by atoms with Gasteiger partial charge in [-0.25, -0.2) is 4.79 Å². The van der Waals surface area contributed by atoms with Crippen molar-refractivity contribution in [2.75, 3.05) is 7.11 Å². The molecule has 2 atom stereocenters. The third-order valence-electron chi connectivity index (χ3n) is 5.70. The SMILES string of the molecule is COc1ccc(C2(C(=O)N3[C@H](C)CC[C@@H]3C(=O)O)CCCC2)cc1. The van der Waals surface area contributed by atoms with Gasteiger partial charge in [-0.2, -0.15) is 0 Å². The van der Waals surface area contributed by atoms with E-state index >= 15 is 0 Å². The smallest absolute Gasteiger partial charge is 0.326 e. The van der Waals surface area contributed by atoms with Crippen LogP contribution in [0.4, 0.5) is 0 Å². The van der Waals surface area contributed by atoms with E-state index in [-0.39, 0.29) is 11.9 Å². The highest BCUT2D eigenvalue weighted by Crippen LogP contribution is 2.45. The lowest BCUT2D eigenvalue weighted by Gasteiger charge is -2.37. The molecule has 24 heavy (non-hydrogen) atoms. The largest absolute Gasteiger partial charge is 0.497 e. The molecule has 0 aromatic heterocycles. The molecule has 2 aliphatic rings. The van der Waals surface area contributed by atoms with Gasteiger partial charge >= 0.3 is 5.97 Å². The Morgan fingerprint density at radius 3 is 2.33 bits per heavy atom. The highest BCUT2D eigenvalue weighted by Gasteiger charge is 2.50. The van der Waals surface area contributed by atoms with Gasteiger partial charge in [0.2, 0.25) is 5.91 Å². The molecule has 1 amide bonds. The number of methoxy groups -OCH3 is 1. The molecular weight excluding hydrogens is 306 g/mol. The average molecular weight is 331 g/mol. The molecule has 5 heteroatoms. The van der Waals surface area contributed by atoms with Crippen molar-refractivity contribution in [1.82, 2.24) is 4.90 Å². The quantitative estimate of drug-likeness (QED) is 0.921. The maximum absolute atomic E-state index is 13.5. The summed E-state index contributed by atoms with van der Waals surface area (Å²) < 4.78 is 5.22. The van der Waals surface area contributed by atoms with E-state index in [0.29, 0.717) is 6.42 Å². The van der Waals surface area contributed by atoms with E-state index in [1.807, 2.05) is 31.2 Å². The van der Waals surface area contributed by atoms with Gasteiger partial charge in [0.15, 0.2) is 0 Å². The lowest BCUT2D eigenvalue weighted by atomic mass is 9.77. The fourth-order valence-corrected chi connectivity index (χ4v) is 4.33. The molecule has 1 aliphatic carbocycles. The molecule has 0 radical (unpaired) electrons. The fourth-order valence-electron chi connectivity index (χ4n) is 4.33. The number of hydrogen-bond donors (Lipinski definition) is 1. The van der Waals surface area contributed by atoms with Crippen molar-refractivity contribution in [3.63, 3.8) is 0 Å². The highest BCUT2D eigenvalue weighted by molar-refractivity contribution is 5.92. The van der Waals surface area contributed by atoms with Crippen LogP contribution >= 0.6 is 0 Å². The van der Waals surface area contributed by atoms with Gasteiger partial charge in [0, 0.05) is 6.04 Å². The average Bonchev–Trinajstić information content (AvgIpc) is 3.22. The molecule has 0 bridgehead atoms. The number of carboxylic acids is 1. The molecular formula is C19H25NO4. The van der Waals surface area contributed by atoms with Gasteiger partial charge in [-0.15, -0.1) is 0 Å². The fraction of sp³-hybridized carbons (Fsp3) is 0.579. The van der Waals surface area contributed by atoms with Crippen LogP contribution in [-0.4, -0.2) is 41.1 Å². The van der Waals surface area contributed by atoms with E-state index in [4.69, 9.17) is 4.74 Å². The Hall–Kier alpha value is -2.04. The van der Waals surface area contributed by atoms with Crippen LogP contribution in [0.5, 0.6) is 5.75 Å². The van der Waals surface area contributed by atoms with E-state index in [1.165, 1.54) is 0 Å². The number of carbonyl (C=O) groups is 2. The standard InChI is InChI=1S/C19H25NO4/c1-13-5-10-16(17(21)22)20(13)18(23)19(11-3-4-12-19)14-6-8-15(24-2)9-7-14/h6-9,13,16H,3-5,10-12H2,1-2H3,(H,21,22)/t13-,16-/m1/s1. The van der Waals surface area contributed by atoms with Gasteiger partial charge in [-0.1, -0.05) is 25.0 Å². The number of amides is 1. The molecule has 1 heterocycles. The number of rotatable bonds is 4. The van der Waals surface area contributed by atoms with Gasteiger partial charge < -0.3 is 14.7 Å². The summed E-state index contributed by atoms with van der Waals surface area (Å²) in [6, 6.07) is 6.96. The molecule has 1 aromatic carbocycles. The van der Waals surface area contributed by atoms with Crippen LogP contribution in [0.1, 0.15) is 51.0 Å². The maximum Gasteiger partial charge on any atom is 0.326 e. The normalized spacial score (nSPS) is 25.7. The Morgan fingerprint density at radius 1 is 1.17 bits per heavy atom. The van der Waals surface area contributed by atoms with Crippen molar-refractivity contribution in [1.29, 1.82) is 0 Å². The Bertz CT molecular complexity index is 619. The Kier molecular flexibility index (Phi) is 4.52. The predicted octanol–water partition coefficient (Wildman–Crippen LogP) is 2.97. The number of ether oxygens (including phenoxy) is 1.